The van der Waals surface area contributed by atoms with Crippen LogP contribution in [0.4, 0.5) is 5.69 Å². The first kappa shape index (κ1) is 12.9. The lowest BCUT2D eigenvalue weighted by molar-refractivity contribution is -0.124. The van der Waals surface area contributed by atoms with Crippen molar-refractivity contribution in [2.45, 2.75) is 18.9 Å². The highest BCUT2D eigenvalue weighted by atomic mass is 16.5. The molecular weight excluding hydrogens is 258 g/mol. The third kappa shape index (κ3) is 2.02. The topological polar surface area (TPSA) is 65.3 Å². The second-order valence-corrected chi connectivity index (χ2v) is 5.10. The van der Waals surface area contributed by atoms with Gasteiger partial charge >= 0.3 is 5.69 Å². The van der Waals surface area contributed by atoms with E-state index in [1.165, 1.54) is 0 Å². The van der Waals surface area contributed by atoms with E-state index in [0.29, 0.717) is 12.3 Å². The van der Waals surface area contributed by atoms with E-state index in [0.717, 1.165) is 23.9 Å². The average molecular weight is 275 g/mol. The Hall–Kier alpha value is -2.08. The lowest BCUT2D eigenvalue weighted by Gasteiger charge is -2.10. The molecule has 6 nitrogen and oxygen atoms in total. The highest BCUT2D eigenvalue weighted by Gasteiger charge is 2.23. The van der Waals surface area contributed by atoms with Crippen LogP contribution in [-0.2, 0) is 23.6 Å². The molecule has 1 aliphatic rings. The van der Waals surface area contributed by atoms with Gasteiger partial charge in [0, 0.05) is 26.4 Å². The monoisotopic (exact) mass is 275 g/mol. The van der Waals surface area contributed by atoms with Gasteiger partial charge in [0.25, 0.3) is 5.91 Å². The number of anilines is 1. The van der Waals surface area contributed by atoms with E-state index in [9.17, 15) is 9.59 Å². The maximum Gasteiger partial charge on any atom is 0.328 e. The van der Waals surface area contributed by atoms with Crippen molar-refractivity contribution in [2.24, 2.45) is 14.1 Å². The number of aromatic nitrogens is 2. The zero-order valence-electron chi connectivity index (χ0n) is 11.5. The summed E-state index contributed by atoms with van der Waals surface area (Å²) in [7, 11) is 3.45. The van der Waals surface area contributed by atoms with Gasteiger partial charge in [0.1, 0.15) is 6.10 Å². The number of benzene rings is 1. The summed E-state index contributed by atoms with van der Waals surface area (Å²) in [4.78, 5) is 23.8. The van der Waals surface area contributed by atoms with Gasteiger partial charge in [0.05, 0.1) is 11.0 Å². The number of imidazole rings is 1. The van der Waals surface area contributed by atoms with Crippen molar-refractivity contribution in [1.29, 1.82) is 0 Å². The molecule has 1 N–H and O–H groups in total. The number of nitrogens with zero attached hydrogens (tertiary/aromatic N) is 2. The summed E-state index contributed by atoms with van der Waals surface area (Å²) in [6, 6.07) is 5.44. The Morgan fingerprint density at radius 1 is 1.30 bits per heavy atom. The third-order valence-electron chi connectivity index (χ3n) is 3.76. The number of aryl methyl sites for hydroxylation is 2. The Labute approximate surface area is 115 Å². The van der Waals surface area contributed by atoms with Gasteiger partial charge in [-0.05, 0) is 31.0 Å². The van der Waals surface area contributed by atoms with E-state index in [4.69, 9.17) is 4.74 Å². The highest BCUT2D eigenvalue weighted by molar-refractivity contribution is 5.96. The van der Waals surface area contributed by atoms with Crippen molar-refractivity contribution in [1.82, 2.24) is 9.13 Å². The fourth-order valence-corrected chi connectivity index (χ4v) is 2.59. The number of ether oxygens (including phenoxy) is 1. The highest BCUT2D eigenvalue weighted by Crippen LogP contribution is 2.19. The van der Waals surface area contributed by atoms with Crippen molar-refractivity contribution in [3.05, 3.63) is 28.7 Å². The smallest absolute Gasteiger partial charge is 0.328 e. The molecule has 2 heterocycles. The predicted molar refractivity (Wildman–Crippen MR) is 75.8 cm³/mol. The Morgan fingerprint density at radius 2 is 2.05 bits per heavy atom. The van der Waals surface area contributed by atoms with Crippen molar-refractivity contribution in [2.75, 3.05) is 11.9 Å². The van der Waals surface area contributed by atoms with Crippen LogP contribution in [0, 0.1) is 0 Å². The molecule has 1 aliphatic heterocycles. The zero-order chi connectivity index (χ0) is 14.3. The lowest BCUT2D eigenvalue weighted by Crippen LogP contribution is -2.26. The van der Waals surface area contributed by atoms with E-state index in [1.807, 2.05) is 12.1 Å². The summed E-state index contributed by atoms with van der Waals surface area (Å²) >= 11 is 0. The molecule has 0 spiro atoms. The normalized spacial score (nSPS) is 18.6. The molecule has 1 aromatic carbocycles. The van der Waals surface area contributed by atoms with Gasteiger partial charge < -0.3 is 10.1 Å². The summed E-state index contributed by atoms with van der Waals surface area (Å²) < 4.78 is 8.50. The van der Waals surface area contributed by atoms with E-state index < -0.39 is 0 Å². The standard InChI is InChI=1S/C14H17N3O3/c1-16-10-6-5-9(8-11(10)17(2)14(16)19)15-13(18)12-4-3-7-20-12/h5-6,8,12H,3-4,7H2,1-2H3,(H,15,18). The third-order valence-corrected chi connectivity index (χ3v) is 3.76. The minimum atomic E-state index is -0.356. The summed E-state index contributed by atoms with van der Waals surface area (Å²) in [5.41, 5.74) is 2.23. The van der Waals surface area contributed by atoms with Crippen LogP contribution in [0.15, 0.2) is 23.0 Å². The minimum absolute atomic E-state index is 0.0809. The summed E-state index contributed by atoms with van der Waals surface area (Å²) in [5, 5.41) is 2.84. The first-order chi connectivity index (χ1) is 9.58. The Balaban J connectivity index is 1.91. The van der Waals surface area contributed by atoms with E-state index in [-0.39, 0.29) is 17.7 Å². The molecule has 0 saturated carbocycles. The predicted octanol–water partition coefficient (Wildman–Crippen LogP) is 0.994. The Bertz CT molecular complexity index is 723. The van der Waals surface area contributed by atoms with Crippen LogP contribution in [0.5, 0.6) is 0 Å². The van der Waals surface area contributed by atoms with Gasteiger partial charge in [-0.15, -0.1) is 0 Å². The van der Waals surface area contributed by atoms with E-state index >= 15 is 0 Å². The molecule has 0 radical (unpaired) electrons. The molecular formula is C14H17N3O3. The molecule has 2 aromatic rings. The van der Waals surface area contributed by atoms with Crippen LogP contribution in [0.1, 0.15) is 12.8 Å². The summed E-state index contributed by atoms with van der Waals surface area (Å²) in [5.74, 6) is -0.122. The second kappa shape index (κ2) is 4.79. The first-order valence-corrected chi connectivity index (χ1v) is 6.66. The summed E-state index contributed by atoms with van der Waals surface area (Å²) in [6.45, 7) is 0.643. The molecule has 1 aromatic heterocycles. The number of nitrogens with one attached hydrogen (secondary N) is 1. The van der Waals surface area contributed by atoms with E-state index in [2.05, 4.69) is 5.32 Å². The van der Waals surface area contributed by atoms with Crippen LogP contribution in [0.3, 0.4) is 0 Å². The van der Waals surface area contributed by atoms with Crippen LogP contribution >= 0.6 is 0 Å². The lowest BCUT2D eigenvalue weighted by atomic mass is 10.2. The number of hydrogen-bond acceptors (Lipinski definition) is 3. The number of fused-ring (bicyclic) bond motifs is 1. The molecule has 3 rings (SSSR count). The quantitative estimate of drug-likeness (QED) is 0.889. The molecule has 1 fully saturated rings. The number of carbonyl (C=O) groups is 1. The van der Waals surface area contributed by atoms with Gasteiger partial charge in [-0.2, -0.15) is 0 Å². The number of rotatable bonds is 2. The maximum atomic E-state index is 12.0. The van der Waals surface area contributed by atoms with E-state index in [1.54, 1.807) is 29.3 Å². The molecule has 6 heteroatoms. The van der Waals surface area contributed by atoms with Gasteiger partial charge in [0.2, 0.25) is 0 Å². The minimum Gasteiger partial charge on any atom is -0.368 e. The van der Waals surface area contributed by atoms with Gasteiger partial charge in [0.15, 0.2) is 0 Å². The fourth-order valence-electron chi connectivity index (χ4n) is 2.59. The average Bonchev–Trinajstić information content (AvgIpc) is 3.04. The molecule has 1 atom stereocenters. The molecule has 1 saturated heterocycles. The van der Waals surface area contributed by atoms with Crippen LogP contribution < -0.4 is 11.0 Å². The SMILES string of the molecule is Cn1c(=O)n(C)c2cc(NC(=O)C3CCCO3)ccc21. The van der Waals surface area contributed by atoms with Crippen molar-refractivity contribution in [3.63, 3.8) is 0 Å². The van der Waals surface area contributed by atoms with Crippen LogP contribution in [0.25, 0.3) is 11.0 Å². The zero-order valence-corrected chi connectivity index (χ0v) is 11.5. The maximum absolute atomic E-state index is 12.0. The second-order valence-electron chi connectivity index (χ2n) is 5.10. The Kier molecular flexibility index (Phi) is 3.10. The van der Waals surface area contributed by atoms with Crippen LogP contribution in [0.2, 0.25) is 0 Å². The van der Waals surface area contributed by atoms with Crippen molar-refractivity contribution in [3.8, 4) is 0 Å². The van der Waals surface area contributed by atoms with Crippen LogP contribution in [-0.4, -0.2) is 27.8 Å². The molecule has 20 heavy (non-hydrogen) atoms. The van der Waals surface area contributed by atoms with Crippen molar-refractivity contribution < 1.29 is 9.53 Å². The van der Waals surface area contributed by atoms with Crippen molar-refractivity contribution >= 4 is 22.6 Å². The number of amides is 1. The van der Waals surface area contributed by atoms with Gasteiger partial charge in [-0.1, -0.05) is 0 Å². The first-order valence-electron chi connectivity index (χ1n) is 6.66. The Morgan fingerprint density at radius 3 is 2.75 bits per heavy atom. The number of hydrogen-bond donors (Lipinski definition) is 1. The fraction of sp³-hybridized carbons (Fsp3) is 0.429. The molecule has 106 valence electrons. The molecule has 0 bridgehead atoms. The largest absolute Gasteiger partial charge is 0.368 e. The summed E-state index contributed by atoms with van der Waals surface area (Å²) in [6.07, 6.45) is 1.33. The molecule has 1 unspecified atom stereocenters. The van der Waals surface area contributed by atoms with Gasteiger partial charge in [-0.3, -0.25) is 13.9 Å². The molecule has 1 amide bonds. The molecule has 0 aliphatic carbocycles. The number of carbonyl (C=O) groups excluding carboxylic acids is 1. The van der Waals surface area contributed by atoms with Gasteiger partial charge in [-0.25, -0.2) is 4.79 Å².